The summed E-state index contributed by atoms with van der Waals surface area (Å²) in [4.78, 5) is 28.4. The molecule has 1 N–H and O–H groups in total. The Labute approximate surface area is 194 Å². The molecule has 0 radical (unpaired) electrons. The second kappa shape index (κ2) is 11.4. The van der Waals surface area contributed by atoms with Gasteiger partial charge in [0.05, 0.1) is 19.2 Å². The Hall–Kier alpha value is -2.42. The summed E-state index contributed by atoms with van der Waals surface area (Å²) >= 11 is 5.72. The van der Waals surface area contributed by atoms with E-state index in [-0.39, 0.29) is 24.4 Å². The van der Waals surface area contributed by atoms with Gasteiger partial charge in [-0.05, 0) is 68.4 Å². The number of amides is 2. The van der Waals surface area contributed by atoms with Gasteiger partial charge in [-0.1, -0.05) is 6.07 Å². The number of benzene rings is 1. The molecule has 1 aliphatic heterocycles. The SMILES string of the molecule is CNC(=O)N(CC=O)CCCCN1CCN(C(C)c2ccc(F)c(OCC3CC3)c2)C1=S. The summed E-state index contributed by atoms with van der Waals surface area (Å²) in [7, 11) is 1.56. The van der Waals surface area contributed by atoms with Crippen LogP contribution < -0.4 is 10.1 Å². The van der Waals surface area contributed by atoms with E-state index < -0.39 is 0 Å². The second-order valence-corrected chi connectivity index (χ2v) is 8.82. The van der Waals surface area contributed by atoms with Crippen molar-refractivity contribution in [2.45, 2.75) is 38.6 Å². The standard InChI is InChI=1S/C23H33FN4O3S/c1-17(19-7-8-20(24)21(15-19)31-16-18-5-6-18)28-12-11-27(23(28)32)10-4-3-9-26(13-14-29)22(30)25-2/h7-8,14-15,17-18H,3-6,9-13,16H2,1-2H3,(H,25,30). The van der Waals surface area contributed by atoms with Crippen LogP contribution in [0.4, 0.5) is 9.18 Å². The predicted octanol–water partition coefficient (Wildman–Crippen LogP) is 3.20. The first-order chi connectivity index (χ1) is 15.4. The molecule has 1 saturated carbocycles. The molecule has 9 heteroatoms. The molecule has 1 saturated heterocycles. The van der Waals surface area contributed by atoms with Crippen molar-refractivity contribution in [3.8, 4) is 5.75 Å². The number of ether oxygens (including phenoxy) is 1. The van der Waals surface area contributed by atoms with E-state index in [1.54, 1.807) is 19.2 Å². The smallest absolute Gasteiger partial charge is 0.317 e. The number of rotatable bonds is 12. The highest BCUT2D eigenvalue weighted by molar-refractivity contribution is 7.80. The van der Waals surface area contributed by atoms with Gasteiger partial charge in [0.25, 0.3) is 0 Å². The minimum absolute atomic E-state index is 0.0210. The van der Waals surface area contributed by atoms with Crippen molar-refractivity contribution in [2.75, 3.05) is 46.4 Å². The monoisotopic (exact) mass is 464 g/mol. The van der Waals surface area contributed by atoms with Crippen LogP contribution in [0.5, 0.6) is 5.75 Å². The van der Waals surface area contributed by atoms with E-state index >= 15 is 0 Å². The molecule has 2 fully saturated rings. The molecule has 2 amide bonds. The summed E-state index contributed by atoms with van der Waals surface area (Å²) < 4.78 is 19.8. The lowest BCUT2D eigenvalue weighted by Gasteiger charge is -2.28. The summed E-state index contributed by atoms with van der Waals surface area (Å²) in [5, 5.41) is 3.34. The van der Waals surface area contributed by atoms with Gasteiger partial charge in [-0.25, -0.2) is 9.18 Å². The number of hydrogen-bond donors (Lipinski definition) is 1. The number of hydrogen-bond acceptors (Lipinski definition) is 4. The van der Waals surface area contributed by atoms with E-state index in [4.69, 9.17) is 17.0 Å². The average molecular weight is 465 g/mol. The van der Waals surface area contributed by atoms with Crippen molar-refractivity contribution >= 4 is 29.6 Å². The quantitative estimate of drug-likeness (QED) is 0.291. The molecule has 1 aromatic rings. The van der Waals surface area contributed by atoms with E-state index in [0.717, 1.165) is 62.3 Å². The van der Waals surface area contributed by atoms with E-state index in [0.29, 0.717) is 24.8 Å². The molecular weight excluding hydrogens is 431 g/mol. The Morgan fingerprint density at radius 2 is 2.16 bits per heavy atom. The maximum absolute atomic E-state index is 14.2. The van der Waals surface area contributed by atoms with Crippen LogP contribution in [0.1, 0.15) is 44.2 Å². The number of urea groups is 1. The molecule has 32 heavy (non-hydrogen) atoms. The zero-order chi connectivity index (χ0) is 23.1. The molecule has 1 aromatic carbocycles. The largest absolute Gasteiger partial charge is 0.490 e. The summed E-state index contributed by atoms with van der Waals surface area (Å²) in [5.41, 5.74) is 0.983. The minimum Gasteiger partial charge on any atom is -0.490 e. The van der Waals surface area contributed by atoms with Crippen LogP contribution in [-0.2, 0) is 4.79 Å². The minimum atomic E-state index is -0.326. The van der Waals surface area contributed by atoms with Gasteiger partial charge in [0.1, 0.15) is 6.29 Å². The molecule has 176 valence electrons. The van der Waals surface area contributed by atoms with Gasteiger partial charge in [-0.15, -0.1) is 0 Å². The fourth-order valence-electron chi connectivity index (χ4n) is 3.86. The molecule has 0 spiro atoms. The number of nitrogens with zero attached hydrogens (tertiary/aromatic N) is 3. The summed E-state index contributed by atoms with van der Waals surface area (Å²) in [6, 6.07) is 4.85. The van der Waals surface area contributed by atoms with E-state index in [1.807, 2.05) is 0 Å². The Morgan fingerprint density at radius 1 is 1.38 bits per heavy atom. The topological polar surface area (TPSA) is 65.1 Å². The van der Waals surface area contributed by atoms with Crippen LogP contribution in [-0.4, -0.2) is 78.5 Å². The number of thiocarbonyl (C=S) groups is 1. The third-order valence-corrected chi connectivity index (χ3v) is 6.60. The van der Waals surface area contributed by atoms with Crippen molar-refractivity contribution in [2.24, 2.45) is 5.92 Å². The first-order valence-electron chi connectivity index (χ1n) is 11.3. The molecule has 1 unspecified atom stereocenters. The zero-order valence-corrected chi connectivity index (χ0v) is 19.7. The molecule has 1 aliphatic carbocycles. The molecule has 3 rings (SSSR count). The Kier molecular flexibility index (Phi) is 8.67. The second-order valence-electron chi connectivity index (χ2n) is 8.46. The lowest BCUT2D eigenvalue weighted by atomic mass is 10.1. The summed E-state index contributed by atoms with van der Waals surface area (Å²) in [6.07, 6.45) is 4.72. The van der Waals surface area contributed by atoms with Crippen LogP contribution in [0.3, 0.4) is 0 Å². The number of carbonyl (C=O) groups is 2. The van der Waals surface area contributed by atoms with Gasteiger partial charge < -0.3 is 29.5 Å². The van der Waals surface area contributed by atoms with Gasteiger partial charge in [0, 0.05) is 33.2 Å². The van der Waals surface area contributed by atoms with Crippen LogP contribution in [0.15, 0.2) is 18.2 Å². The predicted molar refractivity (Wildman–Crippen MR) is 125 cm³/mol. The molecule has 0 bridgehead atoms. The third-order valence-electron chi connectivity index (χ3n) is 6.11. The van der Waals surface area contributed by atoms with Crippen molar-refractivity contribution in [3.63, 3.8) is 0 Å². The van der Waals surface area contributed by atoms with Gasteiger partial charge in [-0.2, -0.15) is 0 Å². The van der Waals surface area contributed by atoms with Crippen LogP contribution >= 0.6 is 12.2 Å². The lowest BCUT2D eigenvalue weighted by molar-refractivity contribution is -0.108. The number of carbonyl (C=O) groups excluding carboxylic acids is 2. The van der Waals surface area contributed by atoms with Crippen molar-refractivity contribution in [1.29, 1.82) is 0 Å². The first kappa shape index (κ1) is 24.2. The molecule has 0 aromatic heterocycles. The van der Waals surface area contributed by atoms with Gasteiger partial charge in [-0.3, -0.25) is 0 Å². The molecule has 1 heterocycles. The average Bonchev–Trinajstić information content (AvgIpc) is 3.56. The van der Waals surface area contributed by atoms with E-state index in [1.165, 1.54) is 11.0 Å². The number of unbranched alkanes of at least 4 members (excludes halogenated alkanes) is 1. The van der Waals surface area contributed by atoms with Gasteiger partial charge in [0.2, 0.25) is 0 Å². The number of nitrogens with one attached hydrogen (secondary N) is 1. The van der Waals surface area contributed by atoms with E-state index in [2.05, 4.69) is 22.0 Å². The Bertz CT molecular complexity index is 820. The maximum Gasteiger partial charge on any atom is 0.317 e. The van der Waals surface area contributed by atoms with Crippen molar-refractivity contribution in [3.05, 3.63) is 29.6 Å². The van der Waals surface area contributed by atoms with Crippen molar-refractivity contribution < 1.29 is 18.7 Å². The highest BCUT2D eigenvalue weighted by atomic mass is 32.1. The van der Waals surface area contributed by atoms with Gasteiger partial charge in [0.15, 0.2) is 16.7 Å². The molecule has 1 atom stereocenters. The summed E-state index contributed by atoms with van der Waals surface area (Å²) in [5.74, 6) is 0.559. The highest BCUT2D eigenvalue weighted by Gasteiger charge is 2.29. The van der Waals surface area contributed by atoms with Gasteiger partial charge >= 0.3 is 6.03 Å². The fourth-order valence-corrected chi connectivity index (χ4v) is 4.29. The highest BCUT2D eigenvalue weighted by Crippen LogP contribution is 2.32. The number of halogens is 1. The van der Waals surface area contributed by atoms with Crippen LogP contribution in [0, 0.1) is 11.7 Å². The Morgan fingerprint density at radius 3 is 2.84 bits per heavy atom. The van der Waals surface area contributed by atoms with Crippen LogP contribution in [0.25, 0.3) is 0 Å². The lowest BCUT2D eigenvalue weighted by Crippen LogP contribution is -2.40. The molecular formula is C23H33FN4O3S. The molecule has 7 nitrogen and oxygen atoms in total. The third kappa shape index (κ3) is 6.31. The zero-order valence-electron chi connectivity index (χ0n) is 18.9. The maximum atomic E-state index is 14.2. The molecule has 2 aliphatic rings. The Balaban J connectivity index is 1.49. The fraction of sp³-hybridized carbons (Fsp3) is 0.609. The number of aldehydes is 1. The first-order valence-corrected chi connectivity index (χ1v) is 11.7. The summed E-state index contributed by atoms with van der Waals surface area (Å²) in [6.45, 7) is 5.72. The normalized spacial score (nSPS) is 16.8. The van der Waals surface area contributed by atoms with Crippen molar-refractivity contribution in [1.82, 2.24) is 20.0 Å². The van der Waals surface area contributed by atoms with E-state index in [9.17, 15) is 14.0 Å². The van der Waals surface area contributed by atoms with Crippen LogP contribution in [0.2, 0.25) is 0 Å².